The lowest BCUT2D eigenvalue weighted by molar-refractivity contribution is 0.103. The summed E-state index contributed by atoms with van der Waals surface area (Å²) < 4.78 is 0. The van der Waals surface area contributed by atoms with Crippen molar-refractivity contribution < 1.29 is 4.79 Å². The van der Waals surface area contributed by atoms with Crippen LogP contribution in [0.25, 0.3) is 0 Å². The second kappa shape index (κ2) is 5.79. The van der Waals surface area contributed by atoms with Crippen molar-refractivity contribution in [2.75, 3.05) is 6.26 Å². The molecule has 1 nitrogen and oxygen atoms in total. The van der Waals surface area contributed by atoms with Crippen LogP contribution < -0.4 is 0 Å². The molecule has 18 heavy (non-hydrogen) atoms. The summed E-state index contributed by atoms with van der Waals surface area (Å²) in [6.45, 7) is 0. The minimum atomic E-state index is -0.116. The van der Waals surface area contributed by atoms with Gasteiger partial charge in [-0.3, -0.25) is 4.79 Å². The third-order valence-electron chi connectivity index (χ3n) is 2.55. The van der Waals surface area contributed by atoms with Crippen molar-refractivity contribution in [3.05, 3.63) is 63.6 Å². The number of carbonyl (C=O) groups excluding carboxylic acids is 1. The molecule has 0 heterocycles. The van der Waals surface area contributed by atoms with E-state index in [1.54, 1.807) is 42.1 Å². The highest BCUT2D eigenvalue weighted by molar-refractivity contribution is 7.98. The van der Waals surface area contributed by atoms with Crippen LogP contribution in [0.5, 0.6) is 0 Å². The first-order valence-corrected chi connectivity index (χ1v) is 7.24. The van der Waals surface area contributed by atoms with Gasteiger partial charge in [0, 0.05) is 16.0 Å². The van der Waals surface area contributed by atoms with Gasteiger partial charge in [-0.15, -0.1) is 11.8 Å². The number of ketones is 1. The lowest BCUT2D eigenvalue weighted by Crippen LogP contribution is -2.02. The molecule has 0 bridgehead atoms. The van der Waals surface area contributed by atoms with Crippen LogP contribution >= 0.6 is 35.0 Å². The van der Waals surface area contributed by atoms with Gasteiger partial charge in [0.25, 0.3) is 0 Å². The zero-order valence-corrected chi connectivity index (χ0v) is 11.9. The number of benzene rings is 2. The average Bonchev–Trinajstić information content (AvgIpc) is 2.41. The number of hydrogen-bond donors (Lipinski definition) is 0. The van der Waals surface area contributed by atoms with E-state index in [0.29, 0.717) is 21.2 Å². The summed E-state index contributed by atoms with van der Waals surface area (Å²) in [7, 11) is 0. The second-order valence-corrected chi connectivity index (χ2v) is 5.32. The maximum atomic E-state index is 12.3. The van der Waals surface area contributed by atoms with Gasteiger partial charge in [-0.1, -0.05) is 29.3 Å². The topological polar surface area (TPSA) is 17.1 Å². The largest absolute Gasteiger partial charge is 0.289 e. The van der Waals surface area contributed by atoms with Crippen LogP contribution in [0.4, 0.5) is 0 Å². The monoisotopic (exact) mass is 296 g/mol. The molecule has 4 heteroatoms. The Morgan fingerprint density at radius 3 is 2.33 bits per heavy atom. The van der Waals surface area contributed by atoms with E-state index in [-0.39, 0.29) is 5.78 Å². The van der Waals surface area contributed by atoms with Crippen molar-refractivity contribution in [3.63, 3.8) is 0 Å². The van der Waals surface area contributed by atoms with E-state index in [2.05, 4.69) is 0 Å². The Morgan fingerprint density at radius 2 is 1.72 bits per heavy atom. The first-order valence-electron chi connectivity index (χ1n) is 5.26. The Labute approximate surface area is 120 Å². The van der Waals surface area contributed by atoms with Crippen LogP contribution in [-0.4, -0.2) is 12.0 Å². The quantitative estimate of drug-likeness (QED) is 0.589. The lowest BCUT2D eigenvalue weighted by atomic mass is 10.0. The number of thioether (sulfide) groups is 1. The van der Waals surface area contributed by atoms with Crippen LogP contribution in [0.3, 0.4) is 0 Å². The summed E-state index contributed by atoms with van der Waals surface area (Å²) in [5.74, 6) is -0.116. The Kier molecular flexibility index (Phi) is 4.33. The van der Waals surface area contributed by atoms with E-state index in [4.69, 9.17) is 23.2 Å². The molecule has 0 saturated carbocycles. The predicted molar refractivity (Wildman–Crippen MR) is 78.1 cm³/mol. The molecule has 2 aromatic carbocycles. The van der Waals surface area contributed by atoms with Crippen molar-refractivity contribution >= 4 is 40.7 Å². The Balaban J connectivity index is 2.38. The van der Waals surface area contributed by atoms with Crippen LogP contribution in [0, 0.1) is 0 Å². The molecule has 2 aromatic rings. The number of rotatable bonds is 3. The lowest BCUT2D eigenvalue weighted by Gasteiger charge is -2.05. The van der Waals surface area contributed by atoms with Crippen LogP contribution in [0.2, 0.25) is 10.0 Å². The minimum Gasteiger partial charge on any atom is -0.289 e. The molecule has 0 aliphatic heterocycles. The smallest absolute Gasteiger partial charge is 0.194 e. The fourth-order valence-electron chi connectivity index (χ4n) is 1.58. The van der Waals surface area contributed by atoms with E-state index in [1.165, 1.54) is 0 Å². The fraction of sp³-hybridized carbons (Fsp3) is 0.0714. The van der Waals surface area contributed by atoms with Gasteiger partial charge in [-0.25, -0.2) is 0 Å². The minimum absolute atomic E-state index is 0.116. The Morgan fingerprint density at radius 1 is 1.06 bits per heavy atom. The molecule has 0 amide bonds. The molecule has 0 N–H and O–H groups in total. The first kappa shape index (κ1) is 13.5. The maximum Gasteiger partial charge on any atom is 0.194 e. The summed E-state index contributed by atoms with van der Waals surface area (Å²) in [6.07, 6.45) is 1.99. The van der Waals surface area contributed by atoms with Gasteiger partial charge in [0.1, 0.15) is 0 Å². The molecule has 0 saturated heterocycles. The molecular formula is C14H10Cl2OS. The summed E-state index contributed by atoms with van der Waals surface area (Å²) in [6, 6.07) is 12.5. The van der Waals surface area contributed by atoms with Crippen LogP contribution in [-0.2, 0) is 0 Å². The maximum absolute atomic E-state index is 12.3. The van der Waals surface area contributed by atoms with Gasteiger partial charge in [0.15, 0.2) is 5.78 Å². The van der Waals surface area contributed by atoms with Gasteiger partial charge >= 0.3 is 0 Å². The molecule has 0 atom stereocenters. The highest BCUT2D eigenvalue weighted by atomic mass is 35.5. The first-order chi connectivity index (χ1) is 8.63. The second-order valence-electron chi connectivity index (χ2n) is 3.66. The highest BCUT2D eigenvalue weighted by Crippen LogP contribution is 2.27. The zero-order chi connectivity index (χ0) is 13.1. The van der Waals surface area contributed by atoms with Crippen molar-refractivity contribution in [2.24, 2.45) is 0 Å². The standard InChI is InChI=1S/C14H10Cl2OS/c1-18-10-7-5-9(6-8-10)14(17)11-3-2-4-12(15)13(11)16/h2-8H,1H3. The van der Waals surface area contributed by atoms with Gasteiger partial charge in [0.05, 0.1) is 10.0 Å². The third-order valence-corrected chi connectivity index (χ3v) is 4.11. The van der Waals surface area contributed by atoms with E-state index < -0.39 is 0 Å². The van der Waals surface area contributed by atoms with Crippen LogP contribution in [0.15, 0.2) is 47.4 Å². The normalized spacial score (nSPS) is 10.4. The molecule has 0 aliphatic carbocycles. The van der Waals surface area contributed by atoms with E-state index >= 15 is 0 Å². The molecule has 92 valence electrons. The van der Waals surface area contributed by atoms with Crippen molar-refractivity contribution in [1.82, 2.24) is 0 Å². The van der Waals surface area contributed by atoms with Crippen molar-refractivity contribution in [3.8, 4) is 0 Å². The van der Waals surface area contributed by atoms with E-state index in [1.807, 2.05) is 18.4 Å². The molecule has 0 radical (unpaired) electrons. The summed E-state index contributed by atoms with van der Waals surface area (Å²) in [5, 5.41) is 0.696. The summed E-state index contributed by atoms with van der Waals surface area (Å²) >= 11 is 13.6. The Hall–Kier alpha value is -0.960. The molecule has 0 aromatic heterocycles. The number of hydrogen-bond acceptors (Lipinski definition) is 2. The summed E-state index contributed by atoms with van der Waals surface area (Å²) in [4.78, 5) is 13.4. The Bertz CT molecular complexity index is 579. The predicted octanol–water partition coefficient (Wildman–Crippen LogP) is 4.95. The van der Waals surface area contributed by atoms with Crippen molar-refractivity contribution in [2.45, 2.75) is 4.90 Å². The molecule has 0 spiro atoms. The van der Waals surface area contributed by atoms with Gasteiger partial charge < -0.3 is 0 Å². The molecule has 2 rings (SSSR count). The van der Waals surface area contributed by atoms with Gasteiger partial charge in [-0.05, 0) is 42.7 Å². The number of carbonyl (C=O) groups is 1. The van der Waals surface area contributed by atoms with E-state index in [0.717, 1.165) is 4.90 Å². The molecular weight excluding hydrogens is 287 g/mol. The SMILES string of the molecule is CSc1ccc(C(=O)c2cccc(Cl)c2Cl)cc1. The van der Waals surface area contributed by atoms with Gasteiger partial charge in [0.2, 0.25) is 0 Å². The highest BCUT2D eigenvalue weighted by Gasteiger charge is 2.14. The average molecular weight is 297 g/mol. The molecule has 0 fully saturated rings. The van der Waals surface area contributed by atoms with Crippen molar-refractivity contribution in [1.29, 1.82) is 0 Å². The number of halogens is 2. The fourth-order valence-corrected chi connectivity index (χ4v) is 2.37. The van der Waals surface area contributed by atoms with Crippen LogP contribution in [0.1, 0.15) is 15.9 Å². The molecule has 0 aliphatic rings. The third kappa shape index (κ3) is 2.72. The zero-order valence-electron chi connectivity index (χ0n) is 9.61. The van der Waals surface area contributed by atoms with Gasteiger partial charge in [-0.2, -0.15) is 0 Å². The van der Waals surface area contributed by atoms with E-state index in [9.17, 15) is 4.79 Å². The molecule has 0 unspecified atom stereocenters. The summed E-state index contributed by atoms with van der Waals surface area (Å²) in [5.41, 5.74) is 1.04.